The fourth-order valence-electron chi connectivity index (χ4n) is 1.59. The molecule has 0 atom stereocenters. The number of carboxylic acids is 1. The lowest BCUT2D eigenvalue weighted by atomic mass is 10.2. The van der Waals surface area contributed by atoms with Gasteiger partial charge in [-0.25, -0.2) is 0 Å². The number of likely N-dealkylation sites (N-methyl/N-ethyl adjacent to an activating group) is 1. The van der Waals surface area contributed by atoms with Crippen LogP contribution in [-0.4, -0.2) is 54.6 Å². The van der Waals surface area contributed by atoms with E-state index in [9.17, 15) is 4.79 Å². The molecule has 0 bridgehead atoms. The van der Waals surface area contributed by atoms with Crippen molar-refractivity contribution in [3.05, 3.63) is 33.4 Å². The minimum atomic E-state index is -0.778. The van der Waals surface area contributed by atoms with Crippen molar-refractivity contribution in [2.75, 3.05) is 33.7 Å². The highest BCUT2D eigenvalue weighted by molar-refractivity contribution is 14.1. The van der Waals surface area contributed by atoms with Crippen LogP contribution in [0.25, 0.3) is 0 Å². The summed E-state index contributed by atoms with van der Waals surface area (Å²) in [6.45, 7) is 2.37. The first-order valence-corrected chi connectivity index (χ1v) is 6.88. The minimum absolute atomic E-state index is 0.0832. The Morgan fingerprint density at radius 2 is 1.83 bits per heavy atom. The van der Waals surface area contributed by atoms with Gasteiger partial charge in [0, 0.05) is 23.2 Å². The number of benzene rings is 1. The Morgan fingerprint density at radius 3 is 2.33 bits per heavy atom. The maximum absolute atomic E-state index is 10.8. The Bertz CT molecular complexity index is 379. The Hall–Kier alpha value is -0.660. The van der Waals surface area contributed by atoms with E-state index < -0.39 is 5.97 Å². The van der Waals surface area contributed by atoms with Crippen molar-refractivity contribution in [2.45, 2.75) is 6.54 Å². The molecule has 100 valence electrons. The summed E-state index contributed by atoms with van der Waals surface area (Å²) in [6, 6.07) is 8.18. The highest BCUT2D eigenvalue weighted by Crippen LogP contribution is 2.09. The molecule has 0 amide bonds. The lowest BCUT2D eigenvalue weighted by molar-refractivity contribution is -0.138. The van der Waals surface area contributed by atoms with E-state index in [-0.39, 0.29) is 6.54 Å². The first-order valence-electron chi connectivity index (χ1n) is 5.80. The minimum Gasteiger partial charge on any atom is -0.480 e. The molecular formula is C13H19IN2O2. The SMILES string of the molecule is CN(C)CCN(CC(=O)O)Cc1ccc(I)cc1. The lowest BCUT2D eigenvalue weighted by Crippen LogP contribution is -2.35. The summed E-state index contributed by atoms with van der Waals surface area (Å²) in [5, 5.41) is 8.91. The zero-order valence-corrected chi connectivity index (χ0v) is 12.9. The van der Waals surface area contributed by atoms with Gasteiger partial charge in [-0.3, -0.25) is 9.69 Å². The van der Waals surface area contributed by atoms with Gasteiger partial charge in [0.15, 0.2) is 0 Å². The van der Waals surface area contributed by atoms with Gasteiger partial charge < -0.3 is 10.0 Å². The van der Waals surface area contributed by atoms with Gasteiger partial charge in [0.2, 0.25) is 0 Å². The van der Waals surface area contributed by atoms with E-state index in [2.05, 4.69) is 27.5 Å². The largest absolute Gasteiger partial charge is 0.480 e. The molecule has 0 heterocycles. The van der Waals surface area contributed by atoms with Crippen LogP contribution in [0.2, 0.25) is 0 Å². The second kappa shape index (κ2) is 7.70. The molecule has 4 nitrogen and oxygen atoms in total. The molecular weight excluding hydrogens is 343 g/mol. The second-order valence-electron chi connectivity index (χ2n) is 4.53. The quantitative estimate of drug-likeness (QED) is 0.751. The van der Waals surface area contributed by atoms with E-state index in [4.69, 9.17) is 5.11 Å². The van der Waals surface area contributed by atoms with Crippen LogP contribution in [0.5, 0.6) is 0 Å². The molecule has 1 rings (SSSR count). The fourth-order valence-corrected chi connectivity index (χ4v) is 1.95. The number of rotatable bonds is 7. The van der Waals surface area contributed by atoms with Crippen molar-refractivity contribution >= 4 is 28.6 Å². The second-order valence-corrected chi connectivity index (χ2v) is 5.78. The van der Waals surface area contributed by atoms with Gasteiger partial charge in [0.25, 0.3) is 0 Å². The summed E-state index contributed by atoms with van der Waals surface area (Å²) in [5.41, 5.74) is 1.15. The molecule has 0 radical (unpaired) electrons. The van der Waals surface area contributed by atoms with Crippen molar-refractivity contribution in [3.8, 4) is 0 Å². The van der Waals surface area contributed by atoms with Crippen LogP contribution in [0.15, 0.2) is 24.3 Å². The van der Waals surface area contributed by atoms with Gasteiger partial charge in [-0.05, 0) is 54.4 Å². The summed E-state index contributed by atoms with van der Waals surface area (Å²) >= 11 is 2.26. The lowest BCUT2D eigenvalue weighted by Gasteiger charge is -2.22. The number of hydrogen-bond acceptors (Lipinski definition) is 3. The first-order chi connectivity index (χ1) is 8.47. The van der Waals surface area contributed by atoms with Crippen molar-refractivity contribution in [2.24, 2.45) is 0 Å². The first kappa shape index (κ1) is 15.4. The highest BCUT2D eigenvalue weighted by Gasteiger charge is 2.10. The average molecular weight is 362 g/mol. The summed E-state index contributed by atoms with van der Waals surface area (Å²) in [4.78, 5) is 14.8. The van der Waals surface area contributed by atoms with Crippen molar-refractivity contribution in [3.63, 3.8) is 0 Å². The summed E-state index contributed by atoms with van der Waals surface area (Å²) in [7, 11) is 3.98. The maximum Gasteiger partial charge on any atom is 0.317 e. The van der Waals surface area contributed by atoms with Crippen molar-refractivity contribution in [1.82, 2.24) is 9.80 Å². The Kier molecular flexibility index (Phi) is 6.59. The predicted octanol–water partition coefficient (Wildman–Crippen LogP) is 1.74. The topological polar surface area (TPSA) is 43.8 Å². The van der Waals surface area contributed by atoms with Crippen LogP contribution in [0.1, 0.15) is 5.56 Å². The van der Waals surface area contributed by atoms with E-state index >= 15 is 0 Å². The molecule has 5 heteroatoms. The third kappa shape index (κ3) is 6.32. The van der Waals surface area contributed by atoms with Crippen LogP contribution in [0.3, 0.4) is 0 Å². The molecule has 0 aromatic heterocycles. The fraction of sp³-hybridized carbons (Fsp3) is 0.462. The molecule has 1 N–H and O–H groups in total. The van der Waals surface area contributed by atoms with Crippen LogP contribution in [-0.2, 0) is 11.3 Å². The number of hydrogen-bond donors (Lipinski definition) is 1. The molecule has 0 spiro atoms. The molecule has 0 saturated heterocycles. The van der Waals surface area contributed by atoms with Gasteiger partial charge >= 0.3 is 5.97 Å². The molecule has 0 unspecified atom stereocenters. The normalized spacial score (nSPS) is 11.2. The molecule has 18 heavy (non-hydrogen) atoms. The molecule has 0 aliphatic heterocycles. The average Bonchev–Trinajstić information content (AvgIpc) is 2.28. The van der Waals surface area contributed by atoms with Gasteiger partial charge in [0.05, 0.1) is 6.54 Å². The van der Waals surface area contributed by atoms with Gasteiger partial charge in [-0.2, -0.15) is 0 Å². The molecule has 1 aromatic rings. The van der Waals surface area contributed by atoms with Crippen LogP contribution < -0.4 is 0 Å². The zero-order chi connectivity index (χ0) is 13.5. The maximum atomic E-state index is 10.8. The number of aliphatic carboxylic acids is 1. The van der Waals surface area contributed by atoms with Crippen LogP contribution in [0.4, 0.5) is 0 Å². The number of nitrogens with zero attached hydrogens (tertiary/aromatic N) is 2. The van der Waals surface area contributed by atoms with E-state index in [1.54, 1.807) is 0 Å². The monoisotopic (exact) mass is 362 g/mol. The Balaban J connectivity index is 2.59. The Labute approximate surface area is 122 Å². The summed E-state index contributed by atoms with van der Waals surface area (Å²) in [5.74, 6) is -0.778. The van der Waals surface area contributed by atoms with Crippen LogP contribution >= 0.6 is 22.6 Å². The third-order valence-electron chi connectivity index (χ3n) is 2.54. The molecule has 1 aromatic carbocycles. The zero-order valence-electron chi connectivity index (χ0n) is 10.8. The summed E-state index contributed by atoms with van der Waals surface area (Å²) in [6.07, 6.45) is 0. The summed E-state index contributed by atoms with van der Waals surface area (Å²) < 4.78 is 1.19. The van der Waals surface area contributed by atoms with E-state index in [0.717, 1.165) is 18.7 Å². The standard InChI is InChI=1S/C13H19IN2O2/c1-15(2)7-8-16(10-13(17)18)9-11-3-5-12(14)6-4-11/h3-6H,7-10H2,1-2H3,(H,17,18). The molecule has 0 aliphatic carbocycles. The smallest absolute Gasteiger partial charge is 0.317 e. The number of carboxylic acid groups (broad SMARTS) is 1. The van der Waals surface area contributed by atoms with Gasteiger partial charge in [-0.15, -0.1) is 0 Å². The Morgan fingerprint density at radius 1 is 1.22 bits per heavy atom. The highest BCUT2D eigenvalue weighted by atomic mass is 127. The van der Waals surface area contributed by atoms with Crippen molar-refractivity contribution < 1.29 is 9.90 Å². The van der Waals surface area contributed by atoms with Crippen molar-refractivity contribution in [1.29, 1.82) is 0 Å². The number of halogens is 1. The van der Waals surface area contributed by atoms with E-state index in [1.807, 2.05) is 43.3 Å². The molecule has 0 aliphatic rings. The number of carbonyl (C=O) groups is 1. The molecule has 0 saturated carbocycles. The van der Waals surface area contributed by atoms with Crippen LogP contribution in [0, 0.1) is 3.57 Å². The molecule has 0 fully saturated rings. The van der Waals surface area contributed by atoms with Gasteiger partial charge in [0.1, 0.15) is 0 Å². The third-order valence-corrected chi connectivity index (χ3v) is 3.26. The van der Waals surface area contributed by atoms with E-state index in [1.165, 1.54) is 3.57 Å². The van der Waals surface area contributed by atoms with Gasteiger partial charge in [-0.1, -0.05) is 12.1 Å². The van der Waals surface area contributed by atoms with E-state index in [0.29, 0.717) is 6.54 Å². The predicted molar refractivity (Wildman–Crippen MR) is 80.6 cm³/mol.